The highest BCUT2D eigenvalue weighted by molar-refractivity contribution is 7.80. The van der Waals surface area contributed by atoms with Crippen molar-refractivity contribution in [3.63, 3.8) is 0 Å². The van der Waals surface area contributed by atoms with E-state index < -0.39 is 0 Å². The molecule has 1 amide bonds. The van der Waals surface area contributed by atoms with E-state index in [9.17, 15) is 9.59 Å². The van der Waals surface area contributed by atoms with Crippen molar-refractivity contribution in [1.82, 2.24) is 10.6 Å². The number of esters is 1. The number of thiocarbonyl (C=S) groups is 1. The van der Waals surface area contributed by atoms with Crippen LogP contribution in [0.15, 0.2) is 0 Å². The molecule has 1 fully saturated rings. The van der Waals surface area contributed by atoms with Crippen molar-refractivity contribution in [3.05, 3.63) is 0 Å². The van der Waals surface area contributed by atoms with Gasteiger partial charge in [-0.15, -0.1) is 0 Å². The first-order chi connectivity index (χ1) is 6.63. The van der Waals surface area contributed by atoms with Crippen molar-refractivity contribution >= 4 is 29.2 Å². The number of hydrogen-bond acceptors (Lipinski definition) is 4. The molecule has 1 aliphatic rings. The van der Waals surface area contributed by atoms with Gasteiger partial charge >= 0.3 is 5.97 Å². The van der Waals surface area contributed by atoms with Crippen molar-refractivity contribution in [3.8, 4) is 0 Å². The van der Waals surface area contributed by atoms with Crippen LogP contribution >= 0.6 is 12.2 Å². The molecule has 1 heterocycles. The Hall–Kier alpha value is -1.17. The Labute approximate surface area is 87.2 Å². The van der Waals surface area contributed by atoms with Crippen LogP contribution in [-0.4, -0.2) is 30.1 Å². The molecule has 1 saturated heterocycles. The summed E-state index contributed by atoms with van der Waals surface area (Å²) in [5, 5.41) is 5.57. The SMILES string of the molecule is CCOC(=O)CC1CNC(=S)NC1=O. The summed E-state index contributed by atoms with van der Waals surface area (Å²) in [5.74, 6) is -0.968. The molecule has 0 radical (unpaired) electrons. The number of nitrogens with one attached hydrogen (secondary N) is 2. The summed E-state index contributed by atoms with van der Waals surface area (Å²) in [7, 11) is 0. The topological polar surface area (TPSA) is 67.4 Å². The third-order valence-electron chi connectivity index (χ3n) is 1.83. The van der Waals surface area contributed by atoms with Gasteiger partial charge in [-0.2, -0.15) is 0 Å². The van der Waals surface area contributed by atoms with Gasteiger partial charge in [0.05, 0.1) is 18.9 Å². The average Bonchev–Trinajstić information content (AvgIpc) is 2.10. The van der Waals surface area contributed by atoms with Gasteiger partial charge in [0.25, 0.3) is 0 Å². The Morgan fingerprint density at radius 2 is 2.43 bits per heavy atom. The molecule has 0 aliphatic carbocycles. The minimum atomic E-state index is -0.388. The van der Waals surface area contributed by atoms with Gasteiger partial charge in [-0.1, -0.05) is 0 Å². The third-order valence-corrected chi connectivity index (χ3v) is 2.08. The number of ether oxygens (including phenoxy) is 1. The van der Waals surface area contributed by atoms with Gasteiger partial charge in [-0.05, 0) is 19.1 Å². The predicted octanol–water partition coefficient (Wildman–Crippen LogP) is -0.440. The molecule has 14 heavy (non-hydrogen) atoms. The maximum absolute atomic E-state index is 11.3. The first kappa shape index (κ1) is 10.9. The molecule has 5 nitrogen and oxygen atoms in total. The summed E-state index contributed by atoms with van der Waals surface area (Å²) >= 11 is 4.74. The second kappa shape index (κ2) is 4.90. The fourth-order valence-electron chi connectivity index (χ4n) is 1.15. The van der Waals surface area contributed by atoms with Gasteiger partial charge in [0.2, 0.25) is 5.91 Å². The van der Waals surface area contributed by atoms with Crippen LogP contribution in [0.1, 0.15) is 13.3 Å². The average molecular weight is 216 g/mol. The quantitative estimate of drug-likeness (QED) is 0.494. The Balaban J connectivity index is 2.41. The first-order valence-electron chi connectivity index (χ1n) is 4.37. The molecule has 1 aliphatic heterocycles. The molecule has 78 valence electrons. The van der Waals surface area contributed by atoms with E-state index in [4.69, 9.17) is 17.0 Å². The minimum Gasteiger partial charge on any atom is -0.466 e. The van der Waals surface area contributed by atoms with E-state index in [1.165, 1.54) is 0 Å². The Kier molecular flexibility index (Phi) is 3.82. The largest absolute Gasteiger partial charge is 0.466 e. The van der Waals surface area contributed by atoms with Crippen molar-refractivity contribution < 1.29 is 14.3 Å². The summed E-state index contributed by atoms with van der Waals surface area (Å²) in [5.41, 5.74) is 0. The smallest absolute Gasteiger partial charge is 0.306 e. The fraction of sp³-hybridized carbons (Fsp3) is 0.625. The number of carbonyl (C=O) groups is 2. The first-order valence-corrected chi connectivity index (χ1v) is 4.78. The zero-order valence-corrected chi connectivity index (χ0v) is 8.65. The standard InChI is InChI=1S/C8H12N2O3S/c1-2-13-6(11)3-5-4-9-8(14)10-7(5)12/h5H,2-4H2,1H3,(H2,9,10,12,14). The van der Waals surface area contributed by atoms with Gasteiger partial charge in [0, 0.05) is 6.54 Å². The van der Waals surface area contributed by atoms with Crippen LogP contribution in [0.25, 0.3) is 0 Å². The lowest BCUT2D eigenvalue weighted by Crippen LogP contribution is -2.52. The van der Waals surface area contributed by atoms with Crippen LogP contribution in [-0.2, 0) is 14.3 Å². The lowest BCUT2D eigenvalue weighted by molar-refractivity contribution is -0.146. The molecule has 0 aromatic heterocycles. The molecule has 0 saturated carbocycles. The summed E-state index contributed by atoms with van der Waals surface area (Å²) in [6.45, 7) is 2.45. The van der Waals surface area contributed by atoms with E-state index >= 15 is 0 Å². The summed E-state index contributed by atoms with van der Waals surface area (Å²) < 4.78 is 4.74. The van der Waals surface area contributed by atoms with E-state index in [1.807, 2.05) is 0 Å². The highest BCUT2D eigenvalue weighted by Crippen LogP contribution is 2.06. The van der Waals surface area contributed by atoms with Gasteiger partial charge in [-0.3, -0.25) is 9.59 Å². The van der Waals surface area contributed by atoms with Crippen LogP contribution < -0.4 is 10.6 Å². The fourth-order valence-corrected chi connectivity index (χ4v) is 1.34. The van der Waals surface area contributed by atoms with Gasteiger partial charge < -0.3 is 15.4 Å². The number of hydrogen-bond donors (Lipinski definition) is 2. The molecule has 6 heteroatoms. The molecule has 0 aromatic rings. The molecule has 1 rings (SSSR count). The zero-order chi connectivity index (χ0) is 10.6. The highest BCUT2D eigenvalue weighted by atomic mass is 32.1. The molecule has 1 atom stereocenters. The number of rotatable bonds is 3. The number of amides is 1. The van der Waals surface area contributed by atoms with E-state index in [2.05, 4.69) is 10.6 Å². The van der Waals surface area contributed by atoms with Crippen molar-refractivity contribution in [1.29, 1.82) is 0 Å². The highest BCUT2D eigenvalue weighted by Gasteiger charge is 2.26. The van der Waals surface area contributed by atoms with Gasteiger partial charge in [-0.25, -0.2) is 0 Å². The monoisotopic (exact) mass is 216 g/mol. The van der Waals surface area contributed by atoms with E-state index in [0.29, 0.717) is 18.3 Å². The zero-order valence-electron chi connectivity index (χ0n) is 7.83. The van der Waals surface area contributed by atoms with Crippen molar-refractivity contribution in [2.75, 3.05) is 13.2 Å². The summed E-state index contributed by atoms with van der Waals surface area (Å²) in [4.78, 5) is 22.4. The van der Waals surface area contributed by atoms with Crippen LogP contribution in [0.5, 0.6) is 0 Å². The van der Waals surface area contributed by atoms with E-state index in [1.54, 1.807) is 6.92 Å². The van der Waals surface area contributed by atoms with Crippen LogP contribution in [0.2, 0.25) is 0 Å². The predicted molar refractivity (Wildman–Crippen MR) is 53.5 cm³/mol. The summed E-state index contributed by atoms with van der Waals surface area (Å²) in [6, 6.07) is 0. The maximum atomic E-state index is 11.3. The Bertz CT molecular complexity index is 267. The molecular weight excluding hydrogens is 204 g/mol. The molecule has 0 bridgehead atoms. The van der Waals surface area contributed by atoms with Gasteiger partial charge in [0.1, 0.15) is 0 Å². The van der Waals surface area contributed by atoms with Crippen LogP contribution in [0, 0.1) is 5.92 Å². The molecule has 0 aromatic carbocycles. The Morgan fingerprint density at radius 3 is 3.00 bits per heavy atom. The Morgan fingerprint density at radius 1 is 1.71 bits per heavy atom. The molecule has 1 unspecified atom stereocenters. The van der Waals surface area contributed by atoms with E-state index in [-0.39, 0.29) is 24.2 Å². The van der Waals surface area contributed by atoms with Crippen LogP contribution in [0.3, 0.4) is 0 Å². The van der Waals surface area contributed by atoms with Crippen molar-refractivity contribution in [2.24, 2.45) is 5.92 Å². The van der Waals surface area contributed by atoms with Crippen molar-refractivity contribution in [2.45, 2.75) is 13.3 Å². The lowest BCUT2D eigenvalue weighted by atomic mass is 10.0. The molecule has 2 N–H and O–H groups in total. The van der Waals surface area contributed by atoms with Crippen LogP contribution in [0.4, 0.5) is 0 Å². The molecule has 0 spiro atoms. The summed E-state index contributed by atoms with van der Waals surface area (Å²) in [6.07, 6.45) is 0.0925. The third kappa shape index (κ3) is 2.95. The second-order valence-corrected chi connectivity index (χ2v) is 3.31. The maximum Gasteiger partial charge on any atom is 0.306 e. The number of carbonyl (C=O) groups excluding carboxylic acids is 2. The van der Waals surface area contributed by atoms with Gasteiger partial charge in [0.15, 0.2) is 5.11 Å². The normalized spacial score (nSPS) is 21.1. The minimum absolute atomic E-state index is 0.0925. The van der Waals surface area contributed by atoms with E-state index in [0.717, 1.165) is 0 Å². The molecular formula is C8H12N2O3S. The second-order valence-electron chi connectivity index (χ2n) is 2.91. The lowest BCUT2D eigenvalue weighted by Gasteiger charge is -2.22.